The molecular formula is C21H26N2O3. The number of carbonyl (C=O) groups is 1. The summed E-state index contributed by atoms with van der Waals surface area (Å²) in [4.78, 5) is 16.6. The largest absolute Gasteiger partial charge is 0.496 e. The van der Waals surface area contributed by atoms with E-state index in [9.17, 15) is 4.79 Å². The fraction of sp³-hybridized carbons (Fsp3) is 0.381. The van der Waals surface area contributed by atoms with Crippen molar-refractivity contribution < 1.29 is 14.3 Å². The number of likely N-dealkylation sites (N-methyl/N-ethyl adjacent to an activating group) is 1. The van der Waals surface area contributed by atoms with E-state index in [1.54, 1.807) is 12.0 Å². The molecule has 0 N–H and O–H groups in total. The van der Waals surface area contributed by atoms with Gasteiger partial charge in [0.1, 0.15) is 5.75 Å². The zero-order valence-corrected chi connectivity index (χ0v) is 15.4. The zero-order chi connectivity index (χ0) is 18.4. The number of para-hydroxylation sites is 1. The van der Waals surface area contributed by atoms with Crippen molar-refractivity contribution in [3.63, 3.8) is 0 Å². The van der Waals surface area contributed by atoms with Gasteiger partial charge in [0.2, 0.25) is 5.91 Å². The highest BCUT2D eigenvalue weighted by atomic mass is 16.5. The van der Waals surface area contributed by atoms with Crippen LogP contribution in [0.15, 0.2) is 54.6 Å². The number of carbonyl (C=O) groups excluding carboxylic acids is 1. The van der Waals surface area contributed by atoms with E-state index < -0.39 is 0 Å². The molecule has 26 heavy (non-hydrogen) atoms. The smallest absolute Gasteiger partial charge is 0.236 e. The molecule has 1 amide bonds. The molecule has 5 nitrogen and oxygen atoms in total. The number of hydrogen-bond donors (Lipinski definition) is 0. The average molecular weight is 354 g/mol. The lowest BCUT2D eigenvalue weighted by Gasteiger charge is -2.33. The summed E-state index contributed by atoms with van der Waals surface area (Å²) in [6.45, 7) is 3.09. The van der Waals surface area contributed by atoms with Gasteiger partial charge >= 0.3 is 0 Å². The Morgan fingerprint density at radius 1 is 1.19 bits per heavy atom. The van der Waals surface area contributed by atoms with Crippen LogP contribution in [0.5, 0.6) is 5.75 Å². The second kappa shape index (κ2) is 8.83. The van der Waals surface area contributed by atoms with E-state index in [0.29, 0.717) is 19.7 Å². The number of rotatable bonds is 6. The molecule has 1 saturated heterocycles. The van der Waals surface area contributed by atoms with Gasteiger partial charge in [-0.15, -0.1) is 0 Å². The standard InChI is InChI=1S/C21H26N2O3/c1-22(14-18-10-6-7-11-19(18)25-2)21(24)16-23-12-13-26-20(15-23)17-8-4-3-5-9-17/h3-11,20H,12-16H2,1-2H3. The number of morpholine rings is 1. The second-order valence-corrected chi connectivity index (χ2v) is 6.57. The molecule has 2 aromatic carbocycles. The van der Waals surface area contributed by atoms with Crippen molar-refractivity contribution in [3.8, 4) is 5.75 Å². The normalized spacial score (nSPS) is 17.7. The van der Waals surface area contributed by atoms with Crippen LogP contribution in [-0.2, 0) is 16.1 Å². The van der Waals surface area contributed by atoms with Crippen molar-refractivity contribution in [1.29, 1.82) is 0 Å². The molecule has 5 heteroatoms. The number of ether oxygens (including phenoxy) is 2. The molecular weight excluding hydrogens is 328 g/mol. The monoisotopic (exact) mass is 354 g/mol. The predicted molar refractivity (Wildman–Crippen MR) is 101 cm³/mol. The van der Waals surface area contributed by atoms with Crippen LogP contribution in [0.3, 0.4) is 0 Å². The Hall–Kier alpha value is -2.37. The molecule has 0 spiro atoms. The summed E-state index contributed by atoms with van der Waals surface area (Å²) in [7, 11) is 3.49. The Bertz CT molecular complexity index is 720. The number of methoxy groups -OCH3 is 1. The summed E-state index contributed by atoms with van der Waals surface area (Å²) >= 11 is 0. The van der Waals surface area contributed by atoms with Gasteiger partial charge in [0.25, 0.3) is 0 Å². The highest BCUT2D eigenvalue weighted by Crippen LogP contribution is 2.22. The molecule has 0 saturated carbocycles. The number of nitrogens with zero attached hydrogens (tertiary/aromatic N) is 2. The lowest BCUT2D eigenvalue weighted by Crippen LogP contribution is -2.44. The van der Waals surface area contributed by atoms with Gasteiger partial charge in [-0.05, 0) is 11.6 Å². The average Bonchev–Trinajstić information content (AvgIpc) is 2.69. The lowest BCUT2D eigenvalue weighted by molar-refractivity contribution is -0.133. The third kappa shape index (κ3) is 4.62. The van der Waals surface area contributed by atoms with Crippen molar-refractivity contribution in [2.45, 2.75) is 12.6 Å². The Morgan fingerprint density at radius 2 is 1.92 bits per heavy atom. The molecule has 1 atom stereocenters. The number of benzene rings is 2. The molecule has 1 aliphatic heterocycles. The maximum Gasteiger partial charge on any atom is 0.236 e. The predicted octanol–water partition coefficient (Wildman–Crippen LogP) is 2.73. The Labute approximate surface area is 155 Å². The molecule has 3 rings (SSSR count). The van der Waals surface area contributed by atoms with Crippen LogP contribution in [0.25, 0.3) is 0 Å². The van der Waals surface area contributed by atoms with Gasteiger partial charge in [-0.2, -0.15) is 0 Å². The molecule has 0 aliphatic carbocycles. The first-order valence-electron chi connectivity index (χ1n) is 8.92. The fourth-order valence-corrected chi connectivity index (χ4v) is 3.20. The summed E-state index contributed by atoms with van der Waals surface area (Å²) < 4.78 is 11.3. The SMILES string of the molecule is COc1ccccc1CN(C)C(=O)CN1CCOC(c2ccccc2)C1. The van der Waals surface area contributed by atoms with Crippen molar-refractivity contribution in [2.24, 2.45) is 0 Å². The molecule has 138 valence electrons. The third-order valence-corrected chi connectivity index (χ3v) is 4.71. The summed E-state index contributed by atoms with van der Waals surface area (Å²) in [5.74, 6) is 0.910. The highest BCUT2D eigenvalue weighted by Gasteiger charge is 2.24. The van der Waals surface area contributed by atoms with E-state index in [1.807, 2.05) is 49.5 Å². The number of amides is 1. The number of hydrogen-bond acceptors (Lipinski definition) is 4. The van der Waals surface area contributed by atoms with Gasteiger partial charge in [-0.1, -0.05) is 48.5 Å². The quantitative estimate of drug-likeness (QED) is 0.800. The van der Waals surface area contributed by atoms with Gasteiger partial charge in [0.05, 0.1) is 26.4 Å². The Balaban J connectivity index is 1.57. The van der Waals surface area contributed by atoms with Crippen LogP contribution in [0.4, 0.5) is 0 Å². The topological polar surface area (TPSA) is 42.0 Å². The van der Waals surface area contributed by atoms with Crippen molar-refractivity contribution in [2.75, 3.05) is 40.4 Å². The molecule has 1 unspecified atom stereocenters. The first kappa shape index (κ1) is 18.4. The summed E-state index contributed by atoms with van der Waals surface area (Å²) in [5.41, 5.74) is 2.17. The maximum absolute atomic E-state index is 12.7. The van der Waals surface area contributed by atoms with Gasteiger partial charge in [-0.3, -0.25) is 9.69 Å². The van der Waals surface area contributed by atoms with Crippen molar-refractivity contribution in [1.82, 2.24) is 9.80 Å². The van der Waals surface area contributed by atoms with Crippen LogP contribution >= 0.6 is 0 Å². The van der Waals surface area contributed by atoms with E-state index in [-0.39, 0.29) is 12.0 Å². The minimum atomic E-state index is 0.0253. The molecule has 0 aromatic heterocycles. The highest BCUT2D eigenvalue weighted by molar-refractivity contribution is 5.78. The van der Waals surface area contributed by atoms with E-state index >= 15 is 0 Å². The van der Waals surface area contributed by atoms with E-state index in [0.717, 1.165) is 30.0 Å². The third-order valence-electron chi connectivity index (χ3n) is 4.71. The zero-order valence-electron chi connectivity index (χ0n) is 15.4. The van der Waals surface area contributed by atoms with Gasteiger partial charge in [-0.25, -0.2) is 0 Å². The maximum atomic E-state index is 12.7. The molecule has 0 radical (unpaired) electrons. The molecule has 1 heterocycles. The van der Waals surface area contributed by atoms with Crippen LogP contribution in [0.2, 0.25) is 0 Å². The fourth-order valence-electron chi connectivity index (χ4n) is 3.20. The van der Waals surface area contributed by atoms with Crippen LogP contribution < -0.4 is 4.74 Å². The first-order valence-corrected chi connectivity index (χ1v) is 8.92. The van der Waals surface area contributed by atoms with Crippen molar-refractivity contribution >= 4 is 5.91 Å². The molecule has 1 fully saturated rings. The summed E-state index contributed by atoms with van der Waals surface area (Å²) in [6, 6.07) is 18.0. The van der Waals surface area contributed by atoms with E-state index in [4.69, 9.17) is 9.47 Å². The van der Waals surface area contributed by atoms with Crippen LogP contribution in [0, 0.1) is 0 Å². The lowest BCUT2D eigenvalue weighted by atomic mass is 10.1. The van der Waals surface area contributed by atoms with Crippen molar-refractivity contribution in [3.05, 3.63) is 65.7 Å². The first-order chi connectivity index (χ1) is 12.7. The second-order valence-electron chi connectivity index (χ2n) is 6.57. The Kier molecular flexibility index (Phi) is 6.26. The van der Waals surface area contributed by atoms with Crippen LogP contribution in [0.1, 0.15) is 17.2 Å². The van der Waals surface area contributed by atoms with Gasteiger partial charge < -0.3 is 14.4 Å². The Morgan fingerprint density at radius 3 is 2.69 bits per heavy atom. The minimum absolute atomic E-state index is 0.0253. The summed E-state index contributed by atoms with van der Waals surface area (Å²) in [6.07, 6.45) is 0.0253. The van der Waals surface area contributed by atoms with E-state index in [2.05, 4.69) is 17.0 Å². The van der Waals surface area contributed by atoms with Crippen LogP contribution in [-0.4, -0.2) is 56.1 Å². The van der Waals surface area contributed by atoms with Gasteiger partial charge in [0.15, 0.2) is 0 Å². The minimum Gasteiger partial charge on any atom is -0.496 e. The van der Waals surface area contributed by atoms with E-state index in [1.165, 1.54) is 0 Å². The molecule has 1 aliphatic rings. The molecule has 0 bridgehead atoms. The summed E-state index contributed by atoms with van der Waals surface area (Å²) in [5, 5.41) is 0. The molecule has 2 aromatic rings. The van der Waals surface area contributed by atoms with Gasteiger partial charge in [0, 0.05) is 32.2 Å².